The summed E-state index contributed by atoms with van der Waals surface area (Å²) in [6, 6.07) is 21.5. The lowest BCUT2D eigenvalue weighted by Crippen LogP contribution is -1.84. The topological polar surface area (TPSA) is 9.23 Å². The van der Waals surface area contributed by atoms with Gasteiger partial charge in [0, 0.05) is 0 Å². The standard InChI is InChI=1S/C20H18O/c1-15-7-8-18-14-19(10-9-17(18)13-15)20-6-4-3-5-16(20)11-12-21-2/h3-14H,1-2H3/b12-11+. The maximum absolute atomic E-state index is 5.04. The average molecular weight is 274 g/mol. The zero-order valence-corrected chi connectivity index (χ0v) is 12.3. The smallest absolute Gasteiger partial charge is 0.0830 e. The number of fused-ring (bicyclic) bond motifs is 1. The molecule has 0 radical (unpaired) electrons. The summed E-state index contributed by atoms with van der Waals surface area (Å²) in [6.07, 6.45) is 3.71. The van der Waals surface area contributed by atoms with Crippen LogP contribution in [-0.2, 0) is 4.74 Å². The molecule has 0 atom stereocenters. The molecule has 0 N–H and O–H groups in total. The maximum Gasteiger partial charge on any atom is 0.0830 e. The second kappa shape index (κ2) is 5.84. The van der Waals surface area contributed by atoms with Gasteiger partial charge >= 0.3 is 0 Å². The molecule has 3 rings (SSSR count). The predicted molar refractivity (Wildman–Crippen MR) is 90.2 cm³/mol. The van der Waals surface area contributed by atoms with Gasteiger partial charge in [0.2, 0.25) is 0 Å². The van der Waals surface area contributed by atoms with Crippen LogP contribution in [-0.4, -0.2) is 7.11 Å². The van der Waals surface area contributed by atoms with Crippen molar-refractivity contribution >= 4 is 16.8 Å². The van der Waals surface area contributed by atoms with E-state index in [0.29, 0.717) is 0 Å². The van der Waals surface area contributed by atoms with Gasteiger partial charge in [-0.3, -0.25) is 0 Å². The zero-order chi connectivity index (χ0) is 14.7. The Hall–Kier alpha value is -2.54. The first-order chi connectivity index (χ1) is 10.3. The summed E-state index contributed by atoms with van der Waals surface area (Å²) in [5.41, 5.74) is 4.89. The van der Waals surface area contributed by atoms with Crippen LogP contribution in [0, 0.1) is 6.92 Å². The van der Waals surface area contributed by atoms with Crippen molar-refractivity contribution in [2.45, 2.75) is 6.92 Å². The molecule has 0 heterocycles. The monoisotopic (exact) mass is 274 g/mol. The highest BCUT2D eigenvalue weighted by Gasteiger charge is 2.03. The number of hydrogen-bond acceptors (Lipinski definition) is 1. The highest BCUT2D eigenvalue weighted by molar-refractivity contribution is 5.89. The molecule has 3 aromatic carbocycles. The lowest BCUT2D eigenvalue weighted by molar-refractivity contribution is 0.341. The molecule has 0 saturated heterocycles. The molecule has 1 heteroatoms. The Morgan fingerprint density at radius 1 is 0.857 bits per heavy atom. The Bertz CT molecular complexity index is 800. The molecule has 0 bridgehead atoms. The third-order valence-electron chi connectivity index (χ3n) is 3.65. The van der Waals surface area contributed by atoms with Crippen molar-refractivity contribution in [3.05, 3.63) is 78.1 Å². The van der Waals surface area contributed by atoms with Crippen molar-refractivity contribution in [1.29, 1.82) is 0 Å². The first kappa shape index (κ1) is 13.4. The summed E-state index contributed by atoms with van der Waals surface area (Å²) in [5, 5.41) is 2.55. The SMILES string of the molecule is CO/C=C/c1ccccc1-c1ccc2cc(C)ccc2c1. The van der Waals surface area contributed by atoms with Crippen LogP contribution in [0.1, 0.15) is 11.1 Å². The minimum absolute atomic E-state index is 1.16. The zero-order valence-electron chi connectivity index (χ0n) is 12.3. The van der Waals surface area contributed by atoms with Crippen LogP contribution < -0.4 is 0 Å². The molecular formula is C20H18O. The normalized spacial score (nSPS) is 11.1. The van der Waals surface area contributed by atoms with E-state index in [2.05, 4.69) is 61.5 Å². The van der Waals surface area contributed by atoms with Crippen LogP contribution in [0.4, 0.5) is 0 Å². The van der Waals surface area contributed by atoms with E-state index in [1.54, 1.807) is 13.4 Å². The molecule has 21 heavy (non-hydrogen) atoms. The number of rotatable bonds is 3. The lowest BCUT2D eigenvalue weighted by Gasteiger charge is -2.08. The number of aryl methyl sites for hydroxylation is 1. The van der Waals surface area contributed by atoms with E-state index in [-0.39, 0.29) is 0 Å². The predicted octanol–water partition coefficient (Wildman–Crippen LogP) is 5.43. The Balaban J connectivity index is 2.12. The van der Waals surface area contributed by atoms with Crippen molar-refractivity contribution in [2.75, 3.05) is 7.11 Å². The quantitative estimate of drug-likeness (QED) is 0.578. The van der Waals surface area contributed by atoms with Gasteiger partial charge in [-0.25, -0.2) is 0 Å². The van der Waals surface area contributed by atoms with Crippen LogP contribution in [0.5, 0.6) is 0 Å². The first-order valence-electron chi connectivity index (χ1n) is 7.07. The van der Waals surface area contributed by atoms with E-state index < -0.39 is 0 Å². The minimum Gasteiger partial charge on any atom is -0.504 e. The molecule has 104 valence electrons. The number of hydrogen-bond donors (Lipinski definition) is 0. The summed E-state index contributed by atoms with van der Waals surface area (Å²) < 4.78 is 5.04. The first-order valence-corrected chi connectivity index (χ1v) is 7.07. The molecule has 3 aromatic rings. The van der Waals surface area contributed by atoms with Crippen LogP contribution in [0.3, 0.4) is 0 Å². The van der Waals surface area contributed by atoms with Crippen molar-refractivity contribution < 1.29 is 4.74 Å². The Morgan fingerprint density at radius 2 is 1.62 bits per heavy atom. The lowest BCUT2D eigenvalue weighted by atomic mass is 9.96. The maximum atomic E-state index is 5.04. The van der Waals surface area contributed by atoms with Gasteiger partial charge < -0.3 is 4.74 Å². The number of methoxy groups -OCH3 is 1. The molecular weight excluding hydrogens is 256 g/mol. The fraction of sp³-hybridized carbons (Fsp3) is 0.100. The fourth-order valence-electron chi connectivity index (χ4n) is 2.58. The van der Waals surface area contributed by atoms with Crippen molar-refractivity contribution in [3.63, 3.8) is 0 Å². The third-order valence-corrected chi connectivity index (χ3v) is 3.65. The van der Waals surface area contributed by atoms with Crippen LogP contribution >= 0.6 is 0 Å². The van der Waals surface area contributed by atoms with E-state index in [1.807, 2.05) is 12.1 Å². The number of benzene rings is 3. The van der Waals surface area contributed by atoms with Gasteiger partial charge in [-0.05, 0) is 46.5 Å². The van der Waals surface area contributed by atoms with Crippen LogP contribution in [0.2, 0.25) is 0 Å². The molecule has 0 saturated carbocycles. The molecule has 0 aliphatic heterocycles. The summed E-state index contributed by atoms with van der Waals surface area (Å²) >= 11 is 0. The largest absolute Gasteiger partial charge is 0.504 e. The molecule has 0 unspecified atom stereocenters. The van der Waals surface area contributed by atoms with Gasteiger partial charge in [0.1, 0.15) is 0 Å². The van der Waals surface area contributed by atoms with Crippen molar-refractivity contribution in [3.8, 4) is 11.1 Å². The molecule has 0 fully saturated rings. The summed E-state index contributed by atoms with van der Waals surface area (Å²) in [4.78, 5) is 0. The summed E-state index contributed by atoms with van der Waals surface area (Å²) in [5.74, 6) is 0. The third kappa shape index (κ3) is 2.82. The average Bonchev–Trinajstić information content (AvgIpc) is 2.52. The molecule has 0 aliphatic rings. The Labute approximate surface area is 125 Å². The second-order valence-electron chi connectivity index (χ2n) is 5.19. The van der Waals surface area contributed by atoms with Crippen molar-refractivity contribution in [1.82, 2.24) is 0 Å². The molecule has 0 aliphatic carbocycles. The molecule has 0 amide bonds. The Morgan fingerprint density at radius 3 is 2.48 bits per heavy atom. The summed E-state index contributed by atoms with van der Waals surface area (Å²) in [6.45, 7) is 2.12. The van der Waals surface area contributed by atoms with Gasteiger partial charge in [-0.15, -0.1) is 0 Å². The van der Waals surface area contributed by atoms with Gasteiger partial charge in [0.05, 0.1) is 13.4 Å². The van der Waals surface area contributed by atoms with Gasteiger partial charge in [0.25, 0.3) is 0 Å². The van der Waals surface area contributed by atoms with Crippen LogP contribution in [0.15, 0.2) is 66.9 Å². The highest BCUT2D eigenvalue weighted by atomic mass is 16.5. The molecule has 0 spiro atoms. The summed E-state index contributed by atoms with van der Waals surface area (Å²) in [7, 11) is 1.66. The van der Waals surface area contributed by atoms with Gasteiger partial charge in [-0.1, -0.05) is 60.2 Å². The van der Waals surface area contributed by atoms with E-state index in [9.17, 15) is 0 Å². The molecule has 0 aromatic heterocycles. The van der Waals surface area contributed by atoms with E-state index in [1.165, 1.54) is 27.5 Å². The molecule has 1 nitrogen and oxygen atoms in total. The fourth-order valence-corrected chi connectivity index (χ4v) is 2.58. The number of ether oxygens (including phenoxy) is 1. The van der Waals surface area contributed by atoms with E-state index in [0.717, 1.165) is 5.56 Å². The Kier molecular flexibility index (Phi) is 3.74. The minimum atomic E-state index is 1.16. The van der Waals surface area contributed by atoms with Gasteiger partial charge in [0.15, 0.2) is 0 Å². The van der Waals surface area contributed by atoms with Crippen LogP contribution in [0.25, 0.3) is 28.0 Å². The van der Waals surface area contributed by atoms with Gasteiger partial charge in [-0.2, -0.15) is 0 Å². The second-order valence-corrected chi connectivity index (χ2v) is 5.19. The van der Waals surface area contributed by atoms with E-state index in [4.69, 9.17) is 4.74 Å². The van der Waals surface area contributed by atoms with Crippen molar-refractivity contribution in [2.24, 2.45) is 0 Å². The van der Waals surface area contributed by atoms with E-state index >= 15 is 0 Å². The highest BCUT2D eigenvalue weighted by Crippen LogP contribution is 2.28.